The molecule has 1 saturated heterocycles. The second-order valence-corrected chi connectivity index (χ2v) is 13.3. The third-order valence-electron chi connectivity index (χ3n) is 5.79. The predicted molar refractivity (Wildman–Crippen MR) is 149 cm³/mol. The Hall–Kier alpha value is -1.11. The van der Waals surface area contributed by atoms with Crippen LogP contribution in [0.2, 0.25) is 0 Å². The first-order valence-corrected chi connectivity index (χ1v) is 15.1. The fourth-order valence-corrected chi connectivity index (χ4v) is 6.43. The highest BCUT2D eigenvalue weighted by molar-refractivity contribution is 8.13. The van der Waals surface area contributed by atoms with Gasteiger partial charge in [-0.25, -0.2) is 9.46 Å². The molecule has 0 bridgehead atoms. The van der Waals surface area contributed by atoms with Crippen LogP contribution in [0.3, 0.4) is 0 Å². The maximum Gasteiger partial charge on any atom is 0.330 e. The number of aliphatic hydroxyl groups excluding tert-OH is 1. The molecule has 0 saturated carbocycles. The Bertz CT molecular complexity index is 1000. The number of ether oxygens (including phenoxy) is 2. The zero-order valence-corrected chi connectivity index (χ0v) is 25.5. The summed E-state index contributed by atoms with van der Waals surface area (Å²) in [6.07, 6.45) is -0.127. The zero-order chi connectivity index (χ0) is 28.6. The summed E-state index contributed by atoms with van der Waals surface area (Å²) in [5.74, 6) is 0.577. The lowest BCUT2D eigenvalue weighted by Crippen LogP contribution is -2.36. The minimum absolute atomic E-state index is 0.122. The lowest BCUT2D eigenvalue weighted by molar-refractivity contribution is -0.117. The van der Waals surface area contributed by atoms with Crippen molar-refractivity contribution in [1.29, 1.82) is 0 Å². The van der Waals surface area contributed by atoms with Crippen LogP contribution in [0, 0.1) is 12.3 Å². The van der Waals surface area contributed by atoms with Gasteiger partial charge < -0.3 is 23.6 Å². The van der Waals surface area contributed by atoms with E-state index in [9.17, 15) is 19.5 Å². The van der Waals surface area contributed by atoms with Gasteiger partial charge in [-0.15, -0.1) is 0 Å². The number of thioether (sulfide) groups is 1. The number of H-pyrrole nitrogens is 1. The van der Waals surface area contributed by atoms with Gasteiger partial charge in [-0.05, 0) is 34.6 Å². The predicted octanol–water partition coefficient (Wildman–Crippen LogP) is 3.19. The molecule has 1 aromatic rings. The van der Waals surface area contributed by atoms with Gasteiger partial charge in [0.2, 0.25) is 0 Å². The fourth-order valence-electron chi connectivity index (χ4n) is 3.87. The first-order valence-electron chi connectivity index (χ1n) is 13.0. The van der Waals surface area contributed by atoms with Crippen LogP contribution in [-0.2, 0) is 23.3 Å². The van der Waals surface area contributed by atoms with Gasteiger partial charge in [0.1, 0.15) is 12.3 Å². The van der Waals surface area contributed by atoms with Crippen LogP contribution in [-0.4, -0.2) is 80.9 Å². The van der Waals surface area contributed by atoms with Crippen molar-refractivity contribution < 1.29 is 28.4 Å². The van der Waals surface area contributed by atoms with Crippen LogP contribution in [0.15, 0.2) is 15.8 Å². The highest BCUT2D eigenvalue weighted by Gasteiger charge is 2.41. The molecular weight excluding hydrogens is 533 g/mol. The molecule has 11 nitrogen and oxygen atoms in total. The van der Waals surface area contributed by atoms with Gasteiger partial charge in [0.15, 0.2) is 5.12 Å². The number of rotatable bonds is 14. The molecule has 1 aromatic heterocycles. The Morgan fingerprint density at radius 3 is 2.47 bits per heavy atom. The third-order valence-corrected chi connectivity index (χ3v) is 9.19. The van der Waals surface area contributed by atoms with Crippen molar-refractivity contribution >= 4 is 25.4 Å². The fraction of sp³-hybridized carbons (Fsp3) is 0.800. The van der Waals surface area contributed by atoms with Gasteiger partial charge in [0, 0.05) is 41.4 Å². The van der Waals surface area contributed by atoms with Crippen molar-refractivity contribution in [2.45, 2.75) is 92.3 Å². The van der Waals surface area contributed by atoms with Crippen molar-refractivity contribution in [3.05, 3.63) is 32.6 Å². The summed E-state index contributed by atoms with van der Waals surface area (Å²) in [5, 5.41) is 10.1. The number of hydrogen-bond acceptors (Lipinski definition) is 10. The second-order valence-electron chi connectivity index (χ2n) is 10.8. The van der Waals surface area contributed by atoms with Gasteiger partial charge in [0.25, 0.3) is 14.1 Å². The Morgan fingerprint density at radius 2 is 1.89 bits per heavy atom. The number of hydrogen-bond donors (Lipinski definition) is 2. The SMILES string of the molecule is Cc1cn([C@H]2C[C@@H](OP(OCCOCCSC(=O)C(C)(C)C)N(C(C)C)C(C)C)[C@@H](CO)O2)c(=O)[nH]c1=O. The first kappa shape index (κ1) is 33.1. The van der Waals surface area contributed by atoms with Crippen molar-refractivity contribution in [3.63, 3.8) is 0 Å². The van der Waals surface area contributed by atoms with E-state index in [2.05, 4.69) is 37.3 Å². The number of nitrogens with one attached hydrogen (secondary N) is 1. The molecule has 218 valence electrons. The maximum absolute atomic E-state index is 12.4. The molecule has 38 heavy (non-hydrogen) atoms. The average molecular weight is 578 g/mol. The number of aliphatic hydroxyl groups is 1. The standard InChI is InChI=1S/C25H44N3O8PS/c1-16(2)28(17(3)4)37(34-10-9-33-11-12-38-23(31)25(6,7)8)36-19-13-21(35-20(19)15-29)27-14-18(5)22(30)26-24(27)32/h14,16-17,19-21,29H,9-13,15H2,1-8H3,(H,26,30,32)/t19-,20-,21-,37?/m1/s1. The smallest absolute Gasteiger partial charge is 0.330 e. The summed E-state index contributed by atoms with van der Waals surface area (Å²) < 4.78 is 27.7. The Morgan fingerprint density at radius 1 is 1.24 bits per heavy atom. The Balaban J connectivity index is 2.02. The minimum Gasteiger partial charge on any atom is -0.394 e. The highest BCUT2D eigenvalue weighted by atomic mass is 32.2. The number of carbonyl (C=O) groups is 1. The van der Waals surface area contributed by atoms with E-state index in [-0.39, 0.29) is 29.2 Å². The third kappa shape index (κ3) is 9.52. The molecule has 4 atom stereocenters. The van der Waals surface area contributed by atoms with E-state index in [1.165, 1.54) is 22.5 Å². The summed E-state index contributed by atoms with van der Waals surface area (Å²) in [5.41, 5.74) is -1.01. The van der Waals surface area contributed by atoms with Gasteiger partial charge in [0.05, 0.1) is 32.5 Å². The molecule has 1 fully saturated rings. The largest absolute Gasteiger partial charge is 0.394 e. The molecule has 2 rings (SSSR count). The molecule has 0 amide bonds. The van der Waals surface area contributed by atoms with Crippen LogP contribution < -0.4 is 11.2 Å². The van der Waals surface area contributed by atoms with Crippen LogP contribution in [0.25, 0.3) is 0 Å². The van der Waals surface area contributed by atoms with E-state index in [0.717, 1.165) is 0 Å². The van der Waals surface area contributed by atoms with Gasteiger partial charge >= 0.3 is 5.69 Å². The average Bonchev–Trinajstić information content (AvgIpc) is 3.21. The van der Waals surface area contributed by atoms with E-state index in [1.54, 1.807) is 6.92 Å². The van der Waals surface area contributed by atoms with Gasteiger partial charge in [-0.1, -0.05) is 32.5 Å². The molecule has 1 unspecified atom stereocenters. The van der Waals surface area contributed by atoms with Crippen molar-refractivity contribution in [2.24, 2.45) is 5.41 Å². The topological polar surface area (TPSA) is 132 Å². The monoisotopic (exact) mass is 577 g/mol. The summed E-state index contributed by atoms with van der Waals surface area (Å²) in [7, 11) is -1.55. The first-order chi connectivity index (χ1) is 17.8. The highest BCUT2D eigenvalue weighted by Crippen LogP contribution is 2.49. The van der Waals surface area contributed by atoms with Gasteiger partial charge in [-0.3, -0.25) is 19.1 Å². The molecule has 2 N–H and O–H groups in total. The van der Waals surface area contributed by atoms with Crippen molar-refractivity contribution in [1.82, 2.24) is 14.2 Å². The second kappa shape index (κ2) is 15.0. The van der Waals surface area contributed by atoms with E-state index >= 15 is 0 Å². The van der Waals surface area contributed by atoms with Gasteiger partial charge in [-0.2, -0.15) is 0 Å². The minimum atomic E-state index is -1.55. The van der Waals surface area contributed by atoms with Crippen LogP contribution in [0.1, 0.15) is 66.7 Å². The normalized spacial score (nSPS) is 21.1. The number of carbonyl (C=O) groups excluding carboxylic acids is 1. The molecule has 0 spiro atoms. The summed E-state index contributed by atoms with van der Waals surface area (Å²) in [4.78, 5) is 38.5. The van der Waals surface area contributed by atoms with Crippen LogP contribution in [0.4, 0.5) is 0 Å². The molecule has 0 radical (unpaired) electrons. The van der Waals surface area contributed by atoms with E-state index in [4.69, 9.17) is 18.5 Å². The number of aromatic nitrogens is 2. The lowest BCUT2D eigenvalue weighted by atomic mass is 10.00. The molecule has 0 aliphatic carbocycles. The molecular formula is C25H44N3O8PS. The molecule has 2 heterocycles. The molecule has 13 heteroatoms. The Kier molecular flexibility index (Phi) is 13.1. The van der Waals surface area contributed by atoms with E-state index in [0.29, 0.717) is 37.6 Å². The molecule has 0 aromatic carbocycles. The van der Waals surface area contributed by atoms with E-state index in [1.807, 2.05) is 20.8 Å². The van der Waals surface area contributed by atoms with Crippen molar-refractivity contribution in [3.8, 4) is 0 Å². The maximum atomic E-state index is 12.4. The van der Waals surface area contributed by atoms with Crippen LogP contribution in [0.5, 0.6) is 0 Å². The Labute approximate surface area is 230 Å². The zero-order valence-electron chi connectivity index (χ0n) is 23.8. The summed E-state index contributed by atoms with van der Waals surface area (Å²) in [6, 6.07) is 0.244. The molecule has 1 aliphatic rings. The number of aryl methyl sites for hydroxylation is 1. The van der Waals surface area contributed by atoms with Crippen LogP contribution >= 0.6 is 20.3 Å². The summed E-state index contributed by atoms with van der Waals surface area (Å²) in [6.45, 7) is 16.3. The van der Waals surface area contributed by atoms with E-state index < -0.39 is 38.2 Å². The molecule has 1 aliphatic heterocycles. The number of aromatic amines is 1. The number of nitrogens with zero attached hydrogens (tertiary/aromatic N) is 2. The lowest BCUT2D eigenvalue weighted by Gasteiger charge is -2.37. The summed E-state index contributed by atoms with van der Waals surface area (Å²) >= 11 is 1.27. The van der Waals surface area contributed by atoms with Crippen molar-refractivity contribution in [2.75, 3.05) is 32.2 Å². The quantitative estimate of drug-likeness (QED) is 0.251.